The van der Waals surface area contributed by atoms with Gasteiger partial charge in [-0.1, -0.05) is 13.8 Å². The van der Waals surface area contributed by atoms with Gasteiger partial charge in [0.2, 0.25) is 0 Å². The Bertz CT molecular complexity index is 629. The number of hydrogen-bond donors (Lipinski definition) is 0. The number of aryl methyl sites for hydroxylation is 1. The van der Waals surface area contributed by atoms with Crippen LogP contribution < -0.4 is 0 Å². The summed E-state index contributed by atoms with van der Waals surface area (Å²) in [7, 11) is 0. The molecule has 108 valence electrons. The molecule has 0 unspecified atom stereocenters. The van der Waals surface area contributed by atoms with Crippen LogP contribution in [0.15, 0.2) is 18.2 Å². The van der Waals surface area contributed by atoms with Crippen LogP contribution in [-0.4, -0.2) is 15.4 Å². The SMILES string of the molecule is CC(C)C1(Cn2c(CCCl)nc3ccc(F)cc32)CC1. The number of rotatable bonds is 5. The Labute approximate surface area is 123 Å². The third-order valence-corrected chi connectivity index (χ3v) is 4.89. The van der Waals surface area contributed by atoms with Gasteiger partial charge in [0.05, 0.1) is 11.0 Å². The Balaban J connectivity index is 2.06. The average molecular weight is 295 g/mol. The molecule has 2 aromatic rings. The van der Waals surface area contributed by atoms with Crippen LogP contribution in [0.4, 0.5) is 4.39 Å². The molecule has 1 aromatic heterocycles. The predicted molar refractivity (Wildman–Crippen MR) is 80.6 cm³/mol. The molecule has 1 aliphatic rings. The highest BCUT2D eigenvalue weighted by Gasteiger charge is 2.46. The maximum absolute atomic E-state index is 13.6. The van der Waals surface area contributed by atoms with Crippen molar-refractivity contribution < 1.29 is 4.39 Å². The van der Waals surface area contributed by atoms with E-state index in [-0.39, 0.29) is 5.82 Å². The van der Waals surface area contributed by atoms with Crippen molar-refractivity contribution in [3.8, 4) is 0 Å². The Morgan fingerprint density at radius 1 is 1.40 bits per heavy atom. The molecule has 0 saturated heterocycles. The molecule has 0 atom stereocenters. The monoisotopic (exact) mass is 294 g/mol. The summed E-state index contributed by atoms with van der Waals surface area (Å²) in [5.41, 5.74) is 2.13. The van der Waals surface area contributed by atoms with E-state index in [1.807, 2.05) is 0 Å². The number of hydrogen-bond acceptors (Lipinski definition) is 1. The van der Waals surface area contributed by atoms with Crippen molar-refractivity contribution >= 4 is 22.6 Å². The Morgan fingerprint density at radius 3 is 2.75 bits per heavy atom. The maximum Gasteiger partial charge on any atom is 0.125 e. The molecule has 0 bridgehead atoms. The van der Waals surface area contributed by atoms with Gasteiger partial charge in [0.15, 0.2) is 0 Å². The van der Waals surface area contributed by atoms with Crippen LogP contribution in [0.25, 0.3) is 11.0 Å². The molecule has 1 aliphatic carbocycles. The average Bonchev–Trinajstić information content (AvgIpc) is 3.12. The lowest BCUT2D eigenvalue weighted by Gasteiger charge is -2.22. The lowest BCUT2D eigenvalue weighted by atomic mass is 9.92. The van der Waals surface area contributed by atoms with Gasteiger partial charge in [-0.3, -0.25) is 0 Å². The van der Waals surface area contributed by atoms with Crippen molar-refractivity contribution in [1.29, 1.82) is 0 Å². The van der Waals surface area contributed by atoms with Gasteiger partial charge in [0.25, 0.3) is 0 Å². The van der Waals surface area contributed by atoms with E-state index >= 15 is 0 Å². The van der Waals surface area contributed by atoms with Crippen molar-refractivity contribution in [2.45, 2.75) is 39.7 Å². The third-order valence-electron chi connectivity index (χ3n) is 4.70. The standard InChI is InChI=1S/C16H20ClFN2/c1-11(2)16(6-7-16)10-20-14-9-12(18)3-4-13(14)19-15(20)5-8-17/h3-4,9,11H,5-8,10H2,1-2H3. The van der Waals surface area contributed by atoms with Crippen LogP contribution in [0.3, 0.4) is 0 Å². The van der Waals surface area contributed by atoms with Gasteiger partial charge in [-0.25, -0.2) is 9.37 Å². The summed E-state index contributed by atoms with van der Waals surface area (Å²) >= 11 is 5.89. The summed E-state index contributed by atoms with van der Waals surface area (Å²) in [6.07, 6.45) is 3.23. The van der Waals surface area contributed by atoms with Crippen molar-refractivity contribution in [3.05, 3.63) is 29.8 Å². The molecule has 1 heterocycles. The van der Waals surface area contributed by atoms with Gasteiger partial charge in [-0.05, 0) is 42.4 Å². The minimum absolute atomic E-state index is 0.203. The molecule has 1 aromatic carbocycles. The van der Waals surface area contributed by atoms with Crippen molar-refractivity contribution in [2.75, 3.05) is 5.88 Å². The van der Waals surface area contributed by atoms with Crippen LogP contribution in [0, 0.1) is 17.2 Å². The zero-order chi connectivity index (χ0) is 14.3. The largest absolute Gasteiger partial charge is 0.327 e. The quantitative estimate of drug-likeness (QED) is 0.748. The van der Waals surface area contributed by atoms with E-state index in [9.17, 15) is 4.39 Å². The fourth-order valence-electron chi connectivity index (χ4n) is 2.99. The molecule has 20 heavy (non-hydrogen) atoms. The van der Waals surface area contributed by atoms with Gasteiger partial charge in [-0.15, -0.1) is 11.6 Å². The van der Waals surface area contributed by atoms with Crippen LogP contribution in [0.2, 0.25) is 0 Å². The number of imidazole rings is 1. The fourth-order valence-corrected chi connectivity index (χ4v) is 3.16. The van der Waals surface area contributed by atoms with Gasteiger partial charge in [0, 0.05) is 18.8 Å². The van der Waals surface area contributed by atoms with E-state index in [4.69, 9.17) is 11.6 Å². The zero-order valence-corrected chi connectivity index (χ0v) is 12.8. The molecule has 0 N–H and O–H groups in total. The number of fused-ring (bicyclic) bond motifs is 1. The lowest BCUT2D eigenvalue weighted by molar-refractivity contribution is 0.309. The molecular formula is C16H20ClFN2. The molecule has 3 rings (SSSR count). The Hall–Kier alpha value is -1.09. The first-order valence-electron chi connectivity index (χ1n) is 7.26. The number of aromatic nitrogens is 2. The van der Waals surface area contributed by atoms with Crippen molar-refractivity contribution in [3.63, 3.8) is 0 Å². The first-order valence-corrected chi connectivity index (χ1v) is 7.80. The summed E-state index contributed by atoms with van der Waals surface area (Å²) in [5, 5.41) is 0. The lowest BCUT2D eigenvalue weighted by Crippen LogP contribution is -2.19. The predicted octanol–water partition coefficient (Wildman–Crippen LogP) is 4.39. The molecule has 1 saturated carbocycles. The van der Waals surface area contributed by atoms with Crippen molar-refractivity contribution in [1.82, 2.24) is 9.55 Å². The summed E-state index contributed by atoms with van der Waals surface area (Å²) < 4.78 is 15.7. The second kappa shape index (κ2) is 5.03. The van der Waals surface area contributed by atoms with Gasteiger partial charge < -0.3 is 4.57 Å². The summed E-state index contributed by atoms with van der Waals surface area (Å²) in [6, 6.07) is 4.82. The second-order valence-electron chi connectivity index (χ2n) is 6.20. The number of nitrogens with zero attached hydrogens (tertiary/aromatic N) is 2. The topological polar surface area (TPSA) is 17.8 Å². The van der Waals surface area contributed by atoms with Crippen LogP contribution in [0.5, 0.6) is 0 Å². The van der Waals surface area contributed by atoms with E-state index in [0.29, 0.717) is 17.2 Å². The van der Waals surface area contributed by atoms with E-state index in [0.717, 1.165) is 29.8 Å². The van der Waals surface area contributed by atoms with Gasteiger partial charge in [0.1, 0.15) is 11.6 Å². The number of benzene rings is 1. The van der Waals surface area contributed by atoms with Gasteiger partial charge >= 0.3 is 0 Å². The highest BCUT2D eigenvalue weighted by molar-refractivity contribution is 6.17. The first-order chi connectivity index (χ1) is 9.55. The van der Waals surface area contributed by atoms with E-state index < -0.39 is 0 Å². The molecular weight excluding hydrogens is 275 g/mol. The fraction of sp³-hybridized carbons (Fsp3) is 0.562. The van der Waals surface area contributed by atoms with Crippen molar-refractivity contribution in [2.24, 2.45) is 11.3 Å². The normalized spacial score (nSPS) is 17.1. The summed E-state index contributed by atoms with van der Waals surface area (Å²) in [5.74, 6) is 1.95. The second-order valence-corrected chi connectivity index (χ2v) is 6.58. The zero-order valence-electron chi connectivity index (χ0n) is 12.0. The molecule has 2 nitrogen and oxygen atoms in total. The molecule has 4 heteroatoms. The first kappa shape index (κ1) is 13.9. The molecule has 0 aliphatic heterocycles. The smallest absolute Gasteiger partial charge is 0.125 e. The highest BCUT2D eigenvalue weighted by Crippen LogP contribution is 2.53. The van der Waals surface area contributed by atoms with E-state index in [1.165, 1.54) is 18.9 Å². The minimum atomic E-state index is -0.203. The Kier molecular flexibility index (Phi) is 3.49. The maximum atomic E-state index is 13.6. The Morgan fingerprint density at radius 2 is 2.15 bits per heavy atom. The molecule has 0 amide bonds. The van der Waals surface area contributed by atoms with Crippen LogP contribution in [-0.2, 0) is 13.0 Å². The van der Waals surface area contributed by atoms with E-state index in [2.05, 4.69) is 23.4 Å². The summed E-state index contributed by atoms with van der Waals surface area (Å²) in [4.78, 5) is 4.63. The van der Waals surface area contributed by atoms with Crippen LogP contribution in [0.1, 0.15) is 32.5 Å². The molecule has 0 spiro atoms. The molecule has 0 radical (unpaired) electrons. The number of alkyl halides is 1. The summed E-state index contributed by atoms with van der Waals surface area (Å²) in [6.45, 7) is 5.47. The number of halogens is 2. The minimum Gasteiger partial charge on any atom is -0.327 e. The van der Waals surface area contributed by atoms with Gasteiger partial charge in [-0.2, -0.15) is 0 Å². The van der Waals surface area contributed by atoms with Crippen LogP contribution >= 0.6 is 11.6 Å². The molecule has 1 fully saturated rings. The highest BCUT2D eigenvalue weighted by atomic mass is 35.5. The van der Waals surface area contributed by atoms with E-state index in [1.54, 1.807) is 12.1 Å². The third kappa shape index (κ3) is 2.32.